The number of rotatable bonds is 2. The highest BCUT2D eigenvalue weighted by molar-refractivity contribution is 5.14. The van der Waals surface area contributed by atoms with E-state index in [0.29, 0.717) is 4.57 Å². The Bertz CT molecular complexity index is 674. The lowest BCUT2D eigenvalue weighted by Crippen LogP contribution is -2.51. The molecule has 1 aromatic heterocycles. The molecule has 0 saturated carbocycles. The van der Waals surface area contributed by atoms with E-state index in [1.54, 1.807) is 6.07 Å². The van der Waals surface area contributed by atoms with Crippen LogP contribution in [0.1, 0.15) is 5.56 Å². The summed E-state index contributed by atoms with van der Waals surface area (Å²) < 4.78 is 5.87. The van der Waals surface area contributed by atoms with Crippen molar-refractivity contribution in [3.8, 4) is 6.07 Å². The Morgan fingerprint density at radius 1 is 1.55 bits per heavy atom. The number of nitrogens with zero attached hydrogens (tertiary/aromatic N) is 2. The number of aromatic nitrogens is 2. The van der Waals surface area contributed by atoms with Crippen LogP contribution < -0.4 is 11.2 Å². The van der Waals surface area contributed by atoms with Gasteiger partial charge in [-0.25, -0.2) is 4.79 Å². The van der Waals surface area contributed by atoms with Crippen LogP contribution in [-0.4, -0.2) is 49.8 Å². The Balaban J connectivity index is 2.65. The number of hydrogen-bond donors (Lipinski definition) is 4. The van der Waals surface area contributed by atoms with E-state index in [4.69, 9.17) is 9.84 Å². The Morgan fingerprint density at radius 3 is 2.70 bits per heavy atom. The second-order valence-electron chi connectivity index (χ2n) is 4.52. The minimum Gasteiger partial charge on any atom is -0.394 e. The third-order valence-corrected chi connectivity index (χ3v) is 3.25. The molecule has 9 nitrogen and oxygen atoms in total. The largest absolute Gasteiger partial charge is 0.394 e. The first-order valence-corrected chi connectivity index (χ1v) is 5.76. The molecule has 4 atom stereocenters. The van der Waals surface area contributed by atoms with Gasteiger partial charge >= 0.3 is 5.69 Å². The summed E-state index contributed by atoms with van der Waals surface area (Å²) >= 11 is 0. The molecular formula is C11H13N3O6. The van der Waals surface area contributed by atoms with Crippen LogP contribution >= 0.6 is 0 Å². The second kappa shape index (κ2) is 4.84. The number of hydrogen-bond acceptors (Lipinski definition) is 7. The van der Waals surface area contributed by atoms with Crippen LogP contribution in [0.5, 0.6) is 0 Å². The van der Waals surface area contributed by atoms with E-state index in [9.17, 15) is 25.1 Å². The highest BCUT2D eigenvalue weighted by Gasteiger charge is 2.56. The summed E-state index contributed by atoms with van der Waals surface area (Å²) in [5.74, 6) is 0. The quantitative estimate of drug-likeness (QED) is 0.456. The van der Waals surface area contributed by atoms with Crippen molar-refractivity contribution in [2.75, 3.05) is 6.61 Å². The molecule has 3 unspecified atom stereocenters. The number of ether oxygens (including phenoxy) is 1. The van der Waals surface area contributed by atoms with Gasteiger partial charge in [0, 0.05) is 11.8 Å². The van der Waals surface area contributed by atoms with E-state index in [0.717, 1.165) is 6.20 Å². The van der Waals surface area contributed by atoms with Gasteiger partial charge in [-0.1, -0.05) is 0 Å². The molecule has 2 heterocycles. The number of aliphatic hydroxyl groups excluding tert-OH is 3. The zero-order valence-corrected chi connectivity index (χ0v) is 10.5. The van der Waals surface area contributed by atoms with Crippen molar-refractivity contribution in [2.45, 2.75) is 31.0 Å². The highest BCUT2D eigenvalue weighted by Crippen LogP contribution is 2.34. The normalized spacial score (nSPS) is 33.0. The molecule has 0 bridgehead atoms. The second-order valence-corrected chi connectivity index (χ2v) is 4.52. The lowest BCUT2D eigenvalue weighted by Gasteiger charge is -2.26. The van der Waals surface area contributed by atoms with E-state index < -0.39 is 41.9 Å². The monoisotopic (exact) mass is 283 g/mol. The maximum absolute atomic E-state index is 11.8. The Labute approximate surface area is 112 Å². The fourth-order valence-electron chi connectivity index (χ4n) is 2.11. The van der Waals surface area contributed by atoms with Crippen molar-refractivity contribution >= 4 is 0 Å². The SMILES string of the molecule is Cc1cn([C@@]2(C#N)OC(CO)C(O)C2O)c(=O)[nH]c1=O. The first kappa shape index (κ1) is 14.4. The molecule has 0 spiro atoms. The Hall–Kier alpha value is -1.99. The van der Waals surface area contributed by atoms with Crippen molar-refractivity contribution in [2.24, 2.45) is 0 Å². The summed E-state index contributed by atoms with van der Waals surface area (Å²) in [5.41, 5.74) is -3.69. The van der Waals surface area contributed by atoms with Gasteiger partial charge in [0.25, 0.3) is 11.3 Å². The lowest BCUT2D eigenvalue weighted by atomic mass is 10.0. The number of aromatic amines is 1. The molecule has 1 fully saturated rings. The highest BCUT2D eigenvalue weighted by atomic mass is 16.6. The minimum absolute atomic E-state index is 0.122. The number of nitrogens with one attached hydrogen (secondary N) is 1. The fraction of sp³-hybridized carbons (Fsp3) is 0.545. The predicted octanol–water partition coefficient (Wildman–Crippen LogP) is -2.87. The van der Waals surface area contributed by atoms with Crippen LogP contribution in [0.2, 0.25) is 0 Å². The van der Waals surface area contributed by atoms with Crippen molar-refractivity contribution < 1.29 is 20.1 Å². The van der Waals surface area contributed by atoms with Crippen LogP contribution in [0.15, 0.2) is 15.8 Å². The van der Waals surface area contributed by atoms with E-state index in [2.05, 4.69) is 0 Å². The Morgan fingerprint density at radius 2 is 2.20 bits per heavy atom. The molecule has 4 N–H and O–H groups in total. The van der Waals surface area contributed by atoms with Crippen molar-refractivity contribution in [3.05, 3.63) is 32.6 Å². The maximum atomic E-state index is 11.8. The van der Waals surface area contributed by atoms with Crippen molar-refractivity contribution in [1.82, 2.24) is 9.55 Å². The molecule has 0 amide bonds. The zero-order chi connectivity index (χ0) is 15.1. The van der Waals surface area contributed by atoms with Gasteiger partial charge < -0.3 is 20.1 Å². The molecular weight excluding hydrogens is 270 g/mol. The third kappa shape index (κ3) is 1.86. The number of H-pyrrole nitrogens is 1. The van der Waals surface area contributed by atoms with Crippen LogP contribution in [0.4, 0.5) is 0 Å². The van der Waals surface area contributed by atoms with Crippen LogP contribution in [0.25, 0.3) is 0 Å². The van der Waals surface area contributed by atoms with Gasteiger partial charge in [-0.05, 0) is 6.92 Å². The van der Waals surface area contributed by atoms with E-state index in [1.165, 1.54) is 6.92 Å². The van der Waals surface area contributed by atoms with Crippen LogP contribution in [0.3, 0.4) is 0 Å². The van der Waals surface area contributed by atoms with E-state index in [1.807, 2.05) is 4.98 Å². The lowest BCUT2D eigenvalue weighted by molar-refractivity contribution is -0.109. The predicted molar refractivity (Wildman–Crippen MR) is 63.6 cm³/mol. The van der Waals surface area contributed by atoms with Crippen LogP contribution in [-0.2, 0) is 10.5 Å². The topological polar surface area (TPSA) is 149 Å². The van der Waals surface area contributed by atoms with Gasteiger partial charge in [-0.3, -0.25) is 14.3 Å². The van der Waals surface area contributed by atoms with E-state index >= 15 is 0 Å². The Kier molecular flexibility index (Phi) is 3.49. The molecule has 1 aliphatic rings. The fourth-order valence-corrected chi connectivity index (χ4v) is 2.11. The van der Waals surface area contributed by atoms with Gasteiger partial charge in [0.2, 0.25) is 0 Å². The summed E-state index contributed by atoms with van der Waals surface area (Å²) in [6.45, 7) is 0.764. The van der Waals surface area contributed by atoms with Gasteiger partial charge in [0.15, 0.2) is 0 Å². The van der Waals surface area contributed by atoms with Crippen molar-refractivity contribution in [1.29, 1.82) is 5.26 Å². The molecule has 1 aromatic rings. The summed E-state index contributed by atoms with van der Waals surface area (Å²) in [7, 11) is 0. The van der Waals surface area contributed by atoms with Gasteiger partial charge in [0.05, 0.1) is 6.61 Å². The first-order valence-electron chi connectivity index (χ1n) is 5.76. The molecule has 20 heavy (non-hydrogen) atoms. The molecule has 1 aliphatic heterocycles. The van der Waals surface area contributed by atoms with Gasteiger partial charge in [-0.15, -0.1) is 0 Å². The smallest absolute Gasteiger partial charge is 0.331 e. The summed E-state index contributed by atoms with van der Waals surface area (Å²) in [5, 5.41) is 38.0. The van der Waals surface area contributed by atoms with Crippen molar-refractivity contribution in [3.63, 3.8) is 0 Å². The maximum Gasteiger partial charge on any atom is 0.331 e. The van der Waals surface area contributed by atoms with Gasteiger partial charge in [0.1, 0.15) is 24.4 Å². The molecule has 0 radical (unpaired) electrons. The molecule has 2 rings (SSSR count). The third-order valence-electron chi connectivity index (χ3n) is 3.25. The number of nitriles is 1. The number of aryl methyl sites for hydroxylation is 1. The minimum atomic E-state index is -2.21. The van der Waals surface area contributed by atoms with E-state index in [-0.39, 0.29) is 5.56 Å². The average Bonchev–Trinajstić information content (AvgIpc) is 2.68. The first-order chi connectivity index (χ1) is 9.37. The molecule has 1 saturated heterocycles. The molecule has 0 aromatic carbocycles. The van der Waals surface area contributed by atoms with Crippen LogP contribution in [0, 0.1) is 18.3 Å². The van der Waals surface area contributed by atoms with Gasteiger partial charge in [-0.2, -0.15) is 5.26 Å². The molecule has 108 valence electrons. The zero-order valence-electron chi connectivity index (χ0n) is 10.5. The summed E-state index contributed by atoms with van der Waals surface area (Å²) in [6, 6.07) is 1.62. The summed E-state index contributed by atoms with van der Waals surface area (Å²) in [4.78, 5) is 25.1. The summed E-state index contributed by atoms with van der Waals surface area (Å²) in [6.07, 6.45) is -3.46. The average molecular weight is 283 g/mol. The standard InChI is InChI=1S/C11H13N3O6/c1-5-2-14(10(19)13-9(5)18)11(4-12)8(17)7(16)6(3-15)20-11/h2,6-8,15-17H,3H2,1H3,(H,13,18,19)/t6?,7?,8?,11-/m0/s1. The number of aliphatic hydroxyl groups is 3. The molecule has 0 aliphatic carbocycles. The molecule has 9 heteroatoms.